The van der Waals surface area contributed by atoms with Crippen LogP contribution < -0.4 is 10.1 Å². The molecule has 0 fully saturated rings. The van der Waals surface area contributed by atoms with Gasteiger partial charge < -0.3 is 9.84 Å². The summed E-state index contributed by atoms with van der Waals surface area (Å²) >= 11 is 1.19. The molecule has 0 aliphatic carbocycles. The highest BCUT2D eigenvalue weighted by Gasteiger charge is 2.31. The minimum Gasteiger partial charge on any atom is -0.493 e. The van der Waals surface area contributed by atoms with E-state index >= 15 is 0 Å². The number of aliphatic hydroxyl groups excluding tert-OH is 1. The van der Waals surface area contributed by atoms with Gasteiger partial charge in [-0.15, -0.1) is 0 Å². The minimum absolute atomic E-state index is 0.285. The number of hydrogen-bond acceptors (Lipinski definition) is 6. The molecule has 2 radical (unpaired) electrons. The number of pyridine rings is 1. The summed E-state index contributed by atoms with van der Waals surface area (Å²) in [6.07, 6.45) is 4.13. The average Bonchev–Trinajstić information content (AvgIpc) is 2.69. The number of carbonyl (C=O) groups is 2. The van der Waals surface area contributed by atoms with Gasteiger partial charge in [0.25, 0.3) is 0 Å². The fraction of sp³-hybridized carbons (Fsp3) is 0.350. The molecule has 2 N–H and O–H groups in total. The van der Waals surface area contributed by atoms with Gasteiger partial charge in [0, 0.05) is 18.3 Å². The predicted octanol–water partition coefficient (Wildman–Crippen LogP) is 1.80. The van der Waals surface area contributed by atoms with E-state index in [2.05, 4.69) is 10.3 Å². The third kappa shape index (κ3) is 6.10. The molecule has 8 heteroatoms. The number of carbonyl (C=O) groups excluding carboxylic acids is 2. The first-order valence-electron chi connectivity index (χ1n) is 8.81. The lowest BCUT2D eigenvalue weighted by molar-refractivity contribution is -0.125. The highest BCUT2D eigenvalue weighted by molar-refractivity contribution is 8.01. The van der Waals surface area contributed by atoms with Crippen LogP contribution in [0.25, 0.3) is 0 Å². The van der Waals surface area contributed by atoms with E-state index < -0.39 is 16.7 Å². The third-order valence-corrected chi connectivity index (χ3v) is 5.34. The van der Waals surface area contributed by atoms with Crippen LogP contribution in [0.1, 0.15) is 29.8 Å². The zero-order valence-corrected chi connectivity index (χ0v) is 16.7. The molecular formula is C20H23BN2O4S. The second-order valence-corrected chi connectivity index (χ2v) is 7.50. The number of thioether (sulfide) groups is 1. The number of aliphatic hydroxyl groups is 1. The molecule has 0 spiro atoms. The van der Waals surface area contributed by atoms with E-state index in [9.17, 15) is 14.7 Å². The van der Waals surface area contributed by atoms with Crippen LogP contribution in [0.2, 0.25) is 0 Å². The normalized spacial score (nSPS) is 14.0. The summed E-state index contributed by atoms with van der Waals surface area (Å²) in [5, 5.41) is 11.6. The summed E-state index contributed by atoms with van der Waals surface area (Å²) < 4.78 is 4.52. The maximum absolute atomic E-state index is 12.0. The molecule has 28 heavy (non-hydrogen) atoms. The lowest BCUT2D eigenvalue weighted by Crippen LogP contribution is -2.45. The Morgan fingerprint density at radius 2 is 2.07 bits per heavy atom. The van der Waals surface area contributed by atoms with Crippen molar-refractivity contribution in [3.05, 3.63) is 59.4 Å². The third-order valence-electron chi connectivity index (χ3n) is 4.29. The average molecular weight is 398 g/mol. The molecule has 0 saturated carbocycles. The van der Waals surface area contributed by atoms with Gasteiger partial charge in [-0.3, -0.25) is 19.9 Å². The minimum atomic E-state index is -1.22. The van der Waals surface area contributed by atoms with Crippen molar-refractivity contribution in [1.29, 1.82) is 0 Å². The number of nitrogens with one attached hydrogen (secondary N) is 1. The number of rotatable bonds is 10. The molecule has 6 nitrogen and oxygen atoms in total. The van der Waals surface area contributed by atoms with E-state index in [1.54, 1.807) is 19.4 Å². The predicted molar refractivity (Wildman–Crippen MR) is 110 cm³/mol. The topological polar surface area (TPSA) is 88.5 Å². The molecule has 2 atom stereocenters. The Morgan fingerprint density at radius 3 is 2.61 bits per heavy atom. The number of imide groups is 1. The highest BCUT2D eigenvalue weighted by atomic mass is 32.2. The molecule has 0 aliphatic rings. The van der Waals surface area contributed by atoms with Crippen LogP contribution in [0, 0.1) is 0 Å². The molecule has 0 aliphatic heterocycles. The Labute approximate surface area is 170 Å². The van der Waals surface area contributed by atoms with Crippen molar-refractivity contribution in [1.82, 2.24) is 10.3 Å². The van der Waals surface area contributed by atoms with Crippen LogP contribution in [0.4, 0.5) is 0 Å². The van der Waals surface area contributed by atoms with E-state index in [1.807, 2.05) is 36.4 Å². The fourth-order valence-electron chi connectivity index (χ4n) is 2.53. The summed E-state index contributed by atoms with van der Waals surface area (Å²) in [5.41, 5.74) is 2.53. The van der Waals surface area contributed by atoms with Gasteiger partial charge >= 0.3 is 0 Å². The largest absolute Gasteiger partial charge is 0.493 e. The van der Waals surface area contributed by atoms with Crippen LogP contribution in [-0.4, -0.2) is 47.8 Å². The summed E-state index contributed by atoms with van der Waals surface area (Å²) in [6, 6.07) is 11.1. The number of amides is 2. The summed E-state index contributed by atoms with van der Waals surface area (Å²) in [7, 11) is 6.11. The Morgan fingerprint density at radius 1 is 1.36 bits per heavy atom. The molecule has 1 heterocycles. The standard InChI is InChI=1S/C20H23BN2O4S/c1-14(25)16-5-6-17(22-12-16)9-10-27-18-7-3-15(4-8-18)11-20(21,28-2)19(26)23-13-24/h3-8,12-14,25H,9-11H2,1-2H3,(H,23,24,26). The van der Waals surface area contributed by atoms with Crippen LogP contribution in [0.3, 0.4) is 0 Å². The second kappa shape index (κ2) is 10.3. The Bertz CT molecular complexity index is 784. The molecule has 1 aromatic heterocycles. The first-order chi connectivity index (χ1) is 13.4. The zero-order chi connectivity index (χ0) is 20.6. The molecule has 0 saturated heterocycles. The lowest BCUT2D eigenvalue weighted by atomic mass is 9.80. The molecule has 2 unspecified atom stereocenters. The highest BCUT2D eigenvalue weighted by Crippen LogP contribution is 2.25. The molecule has 1 aromatic carbocycles. The molecule has 2 rings (SSSR count). The smallest absolute Gasteiger partial charge is 0.233 e. The van der Waals surface area contributed by atoms with Gasteiger partial charge in [0.15, 0.2) is 0 Å². The van der Waals surface area contributed by atoms with E-state index in [1.165, 1.54) is 11.8 Å². The lowest BCUT2D eigenvalue weighted by Gasteiger charge is -2.25. The van der Waals surface area contributed by atoms with Gasteiger partial charge in [0.1, 0.15) is 13.6 Å². The monoisotopic (exact) mass is 398 g/mol. The van der Waals surface area contributed by atoms with Gasteiger partial charge in [-0.25, -0.2) is 0 Å². The number of benzene rings is 1. The van der Waals surface area contributed by atoms with Gasteiger partial charge in [-0.1, -0.05) is 18.2 Å². The number of nitrogens with zero attached hydrogens (tertiary/aromatic N) is 1. The second-order valence-electron chi connectivity index (χ2n) is 6.36. The van der Waals surface area contributed by atoms with E-state index in [4.69, 9.17) is 12.6 Å². The van der Waals surface area contributed by atoms with Gasteiger partial charge in [0.2, 0.25) is 12.3 Å². The molecule has 2 aromatic rings. The maximum atomic E-state index is 12.0. The number of ether oxygens (including phenoxy) is 1. The quantitative estimate of drug-likeness (QED) is 0.469. The van der Waals surface area contributed by atoms with Crippen LogP contribution in [0.15, 0.2) is 42.6 Å². The summed E-state index contributed by atoms with van der Waals surface area (Å²) in [4.78, 5) is 26.8. The Hall–Kier alpha value is -2.32. The van der Waals surface area contributed by atoms with Crippen molar-refractivity contribution >= 4 is 31.9 Å². The first-order valence-corrected chi connectivity index (χ1v) is 10.0. The number of hydrogen-bond donors (Lipinski definition) is 2. The molecular weight excluding hydrogens is 375 g/mol. The SMILES string of the molecule is [B]C(Cc1ccc(OCCc2ccc(C(C)O)cn2)cc1)(SC)C(=O)NC=O. The van der Waals surface area contributed by atoms with Gasteiger partial charge in [-0.2, -0.15) is 11.8 Å². The van der Waals surface area contributed by atoms with Crippen LogP contribution >= 0.6 is 11.8 Å². The molecule has 0 bridgehead atoms. The van der Waals surface area contributed by atoms with Crippen molar-refractivity contribution in [2.75, 3.05) is 12.9 Å². The van der Waals surface area contributed by atoms with E-state index in [0.29, 0.717) is 25.2 Å². The Kier molecular flexibility index (Phi) is 8.08. The van der Waals surface area contributed by atoms with Gasteiger partial charge in [0.05, 0.1) is 17.4 Å². The zero-order valence-electron chi connectivity index (χ0n) is 15.9. The van der Waals surface area contributed by atoms with E-state index in [0.717, 1.165) is 16.8 Å². The van der Waals surface area contributed by atoms with Crippen molar-refractivity contribution < 1.29 is 19.4 Å². The van der Waals surface area contributed by atoms with Crippen LogP contribution in [0.5, 0.6) is 5.75 Å². The fourth-order valence-corrected chi connectivity index (χ4v) is 3.09. The van der Waals surface area contributed by atoms with Gasteiger partial charge in [-0.05, 0) is 48.9 Å². The van der Waals surface area contributed by atoms with Crippen LogP contribution in [-0.2, 0) is 22.4 Å². The first kappa shape index (κ1) is 22.0. The molecule has 146 valence electrons. The summed E-state index contributed by atoms with van der Waals surface area (Å²) in [5.74, 6) is 0.179. The maximum Gasteiger partial charge on any atom is 0.233 e. The van der Waals surface area contributed by atoms with Crippen molar-refractivity contribution in [2.45, 2.75) is 30.5 Å². The Balaban J connectivity index is 1.88. The summed E-state index contributed by atoms with van der Waals surface area (Å²) in [6.45, 7) is 2.17. The van der Waals surface area contributed by atoms with Crippen molar-refractivity contribution in [3.8, 4) is 5.75 Å². The van der Waals surface area contributed by atoms with Crippen molar-refractivity contribution in [2.24, 2.45) is 0 Å². The van der Waals surface area contributed by atoms with E-state index in [-0.39, 0.29) is 6.42 Å². The number of aromatic nitrogens is 1. The molecule has 2 amide bonds. The van der Waals surface area contributed by atoms with Crippen molar-refractivity contribution in [3.63, 3.8) is 0 Å².